The van der Waals surface area contributed by atoms with E-state index in [1.165, 1.54) is 4.90 Å². The molecular formula is C5H10BNO3. The topological polar surface area (TPSA) is 60.8 Å². The number of likely N-dealkylation sites (tertiary alicyclic amines) is 1. The summed E-state index contributed by atoms with van der Waals surface area (Å²) in [6.45, 7) is 0.645. The molecule has 1 aliphatic rings. The van der Waals surface area contributed by atoms with E-state index in [0.29, 0.717) is 19.4 Å². The number of carbonyl (C=O) groups is 1. The van der Waals surface area contributed by atoms with Crippen LogP contribution in [0, 0.1) is 0 Å². The monoisotopic (exact) mass is 143 g/mol. The first-order chi connectivity index (χ1) is 4.75. The predicted molar refractivity (Wildman–Crippen MR) is 36.0 cm³/mol. The largest absolute Gasteiger partial charge is 0.475 e. The van der Waals surface area contributed by atoms with Crippen LogP contribution in [-0.4, -0.2) is 41.0 Å². The van der Waals surface area contributed by atoms with Crippen molar-refractivity contribution in [2.75, 3.05) is 6.54 Å². The quantitative estimate of drug-likeness (QED) is 0.370. The third-order valence-electron chi connectivity index (χ3n) is 1.82. The Labute approximate surface area is 59.6 Å². The number of hydrogen-bond donors (Lipinski definition) is 2. The van der Waals surface area contributed by atoms with E-state index in [4.69, 9.17) is 10.0 Å². The van der Waals surface area contributed by atoms with Crippen LogP contribution in [0.1, 0.15) is 12.8 Å². The highest BCUT2D eigenvalue weighted by Crippen LogP contribution is 2.15. The summed E-state index contributed by atoms with van der Waals surface area (Å²) in [4.78, 5) is 11.6. The van der Waals surface area contributed by atoms with Crippen molar-refractivity contribution in [2.45, 2.75) is 18.8 Å². The third-order valence-corrected chi connectivity index (χ3v) is 1.82. The van der Waals surface area contributed by atoms with Crippen molar-refractivity contribution in [3.63, 3.8) is 0 Å². The minimum atomic E-state index is -1.38. The fourth-order valence-corrected chi connectivity index (χ4v) is 1.27. The van der Waals surface area contributed by atoms with Gasteiger partial charge in [0.2, 0.25) is 6.41 Å². The summed E-state index contributed by atoms with van der Waals surface area (Å²) >= 11 is 0. The second-order valence-electron chi connectivity index (χ2n) is 2.47. The maximum atomic E-state index is 10.2. The zero-order valence-corrected chi connectivity index (χ0v) is 5.60. The van der Waals surface area contributed by atoms with E-state index in [1.54, 1.807) is 0 Å². The lowest BCUT2D eigenvalue weighted by atomic mass is 9.78. The Morgan fingerprint density at radius 1 is 1.60 bits per heavy atom. The highest BCUT2D eigenvalue weighted by molar-refractivity contribution is 6.43. The van der Waals surface area contributed by atoms with Crippen molar-refractivity contribution in [2.24, 2.45) is 0 Å². The van der Waals surface area contributed by atoms with Gasteiger partial charge in [0.05, 0.1) is 5.94 Å². The summed E-state index contributed by atoms with van der Waals surface area (Å²) in [6.07, 6.45) is 2.22. The molecule has 56 valence electrons. The van der Waals surface area contributed by atoms with Crippen molar-refractivity contribution in [1.29, 1.82) is 0 Å². The second-order valence-corrected chi connectivity index (χ2v) is 2.47. The van der Waals surface area contributed by atoms with Crippen molar-refractivity contribution in [3.05, 3.63) is 0 Å². The van der Waals surface area contributed by atoms with Crippen molar-refractivity contribution in [1.82, 2.24) is 4.90 Å². The first-order valence-electron chi connectivity index (χ1n) is 3.33. The lowest BCUT2D eigenvalue weighted by molar-refractivity contribution is -0.118. The molecule has 1 rings (SSSR count). The number of nitrogens with zero attached hydrogens (tertiary/aromatic N) is 1. The molecule has 0 radical (unpaired) electrons. The van der Waals surface area contributed by atoms with E-state index in [0.717, 1.165) is 6.42 Å². The molecule has 0 aromatic rings. The normalized spacial score (nSPS) is 25.0. The predicted octanol–water partition coefficient (Wildman–Crippen LogP) is -1.38. The number of rotatable bonds is 2. The van der Waals surface area contributed by atoms with Crippen LogP contribution >= 0.6 is 0 Å². The fraction of sp³-hybridized carbons (Fsp3) is 0.800. The average molecular weight is 143 g/mol. The molecule has 0 aromatic heterocycles. The van der Waals surface area contributed by atoms with Gasteiger partial charge in [0, 0.05) is 6.54 Å². The Morgan fingerprint density at radius 3 is 2.70 bits per heavy atom. The van der Waals surface area contributed by atoms with E-state index in [9.17, 15) is 4.79 Å². The molecule has 1 aliphatic heterocycles. The SMILES string of the molecule is O=CN1CCC[C@H]1B(O)O. The number of carbonyl (C=O) groups excluding carboxylic acids is 1. The molecule has 1 fully saturated rings. The van der Waals surface area contributed by atoms with Crippen LogP contribution in [0.4, 0.5) is 0 Å². The summed E-state index contributed by atoms with van der Waals surface area (Å²) in [5, 5.41) is 17.4. The average Bonchev–Trinajstić information content (AvgIpc) is 2.33. The third kappa shape index (κ3) is 1.30. The molecule has 4 nitrogen and oxygen atoms in total. The zero-order chi connectivity index (χ0) is 7.56. The van der Waals surface area contributed by atoms with Crippen molar-refractivity contribution >= 4 is 13.5 Å². The minimum Gasteiger partial charge on any atom is -0.426 e. The lowest BCUT2D eigenvalue weighted by Gasteiger charge is -2.17. The molecule has 5 heteroatoms. The molecule has 1 saturated heterocycles. The minimum absolute atomic E-state index is 0.377. The van der Waals surface area contributed by atoms with E-state index in [2.05, 4.69) is 0 Å². The number of amides is 1. The highest BCUT2D eigenvalue weighted by atomic mass is 16.4. The molecule has 1 amide bonds. The molecule has 1 heterocycles. The molecule has 0 bridgehead atoms. The van der Waals surface area contributed by atoms with Gasteiger partial charge in [-0.15, -0.1) is 0 Å². The van der Waals surface area contributed by atoms with Crippen LogP contribution in [0.2, 0.25) is 0 Å². The second kappa shape index (κ2) is 3.03. The maximum absolute atomic E-state index is 10.2. The van der Waals surface area contributed by atoms with Gasteiger partial charge in [-0.3, -0.25) is 4.79 Å². The number of hydrogen-bond acceptors (Lipinski definition) is 3. The van der Waals surface area contributed by atoms with Gasteiger partial charge in [-0.2, -0.15) is 0 Å². The van der Waals surface area contributed by atoms with Crippen molar-refractivity contribution in [3.8, 4) is 0 Å². The Bertz CT molecular complexity index is 130. The maximum Gasteiger partial charge on any atom is 0.475 e. The molecule has 10 heavy (non-hydrogen) atoms. The summed E-state index contributed by atoms with van der Waals surface area (Å²) in [7, 11) is -1.38. The van der Waals surface area contributed by atoms with Gasteiger partial charge in [0.1, 0.15) is 0 Å². The first kappa shape index (κ1) is 7.56. The molecule has 0 spiro atoms. The first-order valence-corrected chi connectivity index (χ1v) is 3.33. The Kier molecular flexibility index (Phi) is 2.29. The van der Waals surface area contributed by atoms with Gasteiger partial charge in [0.25, 0.3) is 0 Å². The molecule has 0 saturated carbocycles. The van der Waals surface area contributed by atoms with Crippen LogP contribution in [-0.2, 0) is 4.79 Å². The molecule has 0 aromatic carbocycles. The molecular weight excluding hydrogens is 133 g/mol. The lowest BCUT2D eigenvalue weighted by Crippen LogP contribution is -2.41. The van der Waals surface area contributed by atoms with E-state index >= 15 is 0 Å². The van der Waals surface area contributed by atoms with Gasteiger partial charge in [0.15, 0.2) is 0 Å². The van der Waals surface area contributed by atoms with Gasteiger partial charge in [-0.05, 0) is 12.8 Å². The molecule has 2 N–H and O–H groups in total. The van der Waals surface area contributed by atoms with Gasteiger partial charge in [-0.1, -0.05) is 0 Å². The molecule has 0 unspecified atom stereocenters. The van der Waals surface area contributed by atoms with Gasteiger partial charge in [-0.25, -0.2) is 0 Å². The summed E-state index contributed by atoms with van der Waals surface area (Å²) in [5.41, 5.74) is 0. The standard InChI is InChI=1S/C5H10BNO3/c8-4-7-3-1-2-5(7)6(9)10/h4-5,9-10H,1-3H2/t5-/m0/s1. The van der Waals surface area contributed by atoms with Crippen molar-refractivity contribution < 1.29 is 14.8 Å². The molecule has 1 atom stereocenters. The Hall–Kier alpha value is -0.545. The van der Waals surface area contributed by atoms with E-state index < -0.39 is 7.12 Å². The summed E-state index contributed by atoms with van der Waals surface area (Å²) < 4.78 is 0. The smallest absolute Gasteiger partial charge is 0.426 e. The van der Waals surface area contributed by atoms with Gasteiger partial charge < -0.3 is 14.9 Å². The summed E-state index contributed by atoms with van der Waals surface area (Å²) in [6, 6.07) is 0. The van der Waals surface area contributed by atoms with Crippen LogP contribution in [0.3, 0.4) is 0 Å². The molecule has 0 aliphatic carbocycles. The van der Waals surface area contributed by atoms with Crippen LogP contribution in [0.5, 0.6) is 0 Å². The van der Waals surface area contributed by atoms with Gasteiger partial charge >= 0.3 is 7.12 Å². The van der Waals surface area contributed by atoms with E-state index in [1.807, 2.05) is 0 Å². The zero-order valence-electron chi connectivity index (χ0n) is 5.60. The van der Waals surface area contributed by atoms with Crippen LogP contribution < -0.4 is 0 Å². The van der Waals surface area contributed by atoms with Crippen LogP contribution in [0.15, 0.2) is 0 Å². The Morgan fingerprint density at radius 2 is 2.30 bits per heavy atom. The fourth-order valence-electron chi connectivity index (χ4n) is 1.27. The Balaban J connectivity index is 2.49. The highest BCUT2D eigenvalue weighted by Gasteiger charge is 2.32. The van der Waals surface area contributed by atoms with Crippen LogP contribution in [0.25, 0.3) is 0 Å². The van der Waals surface area contributed by atoms with E-state index in [-0.39, 0.29) is 5.94 Å². The summed E-state index contributed by atoms with van der Waals surface area (Å²) in [5.74, 6) is -0.377.